The number of hydrogen-bond donors (Lipinski definition) is 1. The van der Waals surface area contributed by atoms with Crippen LogP contribution in [-0.2, 0) is 16.0 Å². The molecule has 2 heterocycles. The minimum Gasteiger partial charge on any atom is -0.503 e. The van der Waals surface area contributed by atoms with Crippen LogP contribution in [0.4, 0.5) is 5.69 Å². The number of ketones is 1. The lowest BCUT2D eigenvalue weighted by molar-refractivity contribution is -0.118. The molecule has 1 N–H and O–H groups in total. The average molecular weight is 432 g/mol. The molecule has 0 bridgehead atoms. The smallest absolute Gasteiger partial charge is 0.294 e. The molecule has 0 aliphatic carbocycles. The molecule has 4 nitrogen and oxygen atoms in total. The maximum atomic E-state index is 13.3. The number of nitrogens with zero attached hydrogens (tertiary/aromatic N) is 1. The SMILES string of the molecule is Cc1ccc(N2C(=O)C(O)=C(C(=O)CCc3ccccc3)C2c2sccc2C)cc1C. The lowest BCUT2D eigenvalue weighted by atomic mass is 9.95. The van der Waals surface area contributed by atoms with Gasteiger partial charge in [-0.3, -0.25) is 14.5 Å². The number of hydrogen-bond acceptors (Lipinski definition) is 4. The van der Waals surface area contributed by atoms with E-state index in [0.717, 1.165) is 27.1 Å². The number of amides is 1. The summed E-state index contributed by atoms with van der Waals surface area (Å²) in [5, 5.41) is 12.8. The van der Waals surface area contributed by atoms with E-state index in [4.69, 9.17) is 0 Å². The van der Waals surface area contributed by atoms with Gasteiger partial charge in [-0.1, -0.05) is 36.4 Å². The van der Waals surface area contributed by atoms with Crippen molar-refractivity contribution >= 4 is 28.7 Å². The highest BCUT2D eigenvalue weighted by Gasteiger charge is 2.45. The van der Waals surface area contributed by atoms with Crippen molar-refractivity contribution in [2.24, 2.45) is 0 Å². The highest BCUT2D eigenvalue weighted by Crippen LogP contribution is 2.44. The van der Waals surface area contributed by atoms with Gasteiger partial charge < -0.3 is 5.11 Å². The van der Waals surface area contributed by atoms with E-state index >= 15 is 0 Å². The van der Waals surface area contributed by atoms with Gasteiger partial charge in [0.25, 0.3) is 5.91 Å². The standard InChI is InChI=1S/C26H25NO3S/c1-16-9-11-20(15-18(16)3)27-23(25-17(2)13-14-31-25)22(24(29)26(27)30)21(28)12-10-19-7-5-4-6-8-19/h4-9,11,13-15,23,29H,10,12H2,1-3H3. The summed E-state index contributed by atoms with van der Waals surface area (Å²) in [4.78, 5) is 28.9. The summed E-state index contributed by atoms with van der Waals surface area (Å²) < 4.78 is 0. The number of anilines is 1. The Bertz CT molecular complexity index is 1180. The molecule has 3 aromatic rings. The zero-order chi connectivity index (χ0) is 22.1. The number of aliphatic hydroxyl groups excluding tert-OH is 1. The zero-order valence-electron chi connectivity index (χ0n) is 17.9. The van der Waals surface area contributed by atoms with E-state index in [1.54, 1.807) is 4.90 Å². The second kappa shape index (κ2) is 8.52. The molecule has 1 amide bonds. The summed E-state index contributed by atoms with van der Waals surface area (Å²) in [6.45, 7) is 5.97. The Kier molecular flexibility index (Phi) is 5.79. The van der Waals surface area contributed by atoms with Crippen molar-refractivity contribution < 1.29 is 14.7 Å². The van der Waals surface area contributed by atoms with Crippen molar-refractivity contribution in [1.29, 1.82) is 0 Å². The Morgan fingerprint density at radius 2 is 1.74 bits per heavy atom. The molecule has 1 unspecified atom stereocenters. The Labute approximate surface area is 186 Å². The minimum atomic E-state index is -0.613. The van der Waals surface area contributed by atoms with Crippen LogP contribution in [0.2, 0.25) is 0 Å². The summed E-state index contributed by atoms with van der Waals surface area (Å²) >= 11 is 1.50. The topological polar surface area (TPSA) is 57.6 Å². The number of carbonyl (C=O) groups is 2. The summed E-state index contributed by atoms with van der Waals surface area (Å²) in [6, 6.07) is 16.9. The van der Waals surface area contributed by atoms with Crippen LogP contribution < -0.4 is 4.90 Å². The number of thiophene rings is 1. The summed E-state index contributed by atoms with van der Waals surface area (Å²) in [7, 11) is 0. The third kappa shape index (κ3) is 3.93. The summed E-state index contributed by atoms with van der Waals surface area (Å²) in [5.74, 6) is -1.16. The summed E-state index contributed by atoms with van der Waals surface area (Å²) in [6.07, 6.45) is 0.794. The van der Waals surface area contributed by atoms with Gasteiger partial charge in [-0.2, -0.15) is 0 Å². The van der Waals surface area contributed by atoms with E-state index < -0.39 is 17.7 Å². The molecule has 0 spiro atoms. The lowest BCUT2D eigenvalue weighted by Gasteiger charge is -2.27. The van der Waals surface area contributed by atoms with Crippen molar-refractivity contribution in [2.75, 3.05) is 4.90 Å². The average Bonchev–Trinajstić information content (AvgIpc) is 3.30. The molecule has 0 saturated carbocycles. The van der Waals surface area contributed by atoms with Crippen LogP contribution in [0.25, 0.3) is 0 Å². The van der Waals surface area contributed by atoms with Crippen molar-refractivity contribution in [2.45, 2.75) is 39.7 Å². The van der Waals surface area contributed by atoms with Gasteiger partial charge in [0.2, 0.25) is 0 Å². The molecule has 5 heteroatoms. The van der Waals surface area contributed by atoms with Crippen LogP contribution in [0, 0.1) is 20.8 Å². The molecule has 1 atom stereocenters. The normalized spacial score (nSPS) is 16.3. The van der Waals surface area contributed by atoms with Crippen LogP contribution in [-0.4, -0.2) is 16.8 Å². The molecule has 1 aromatic heterocycles. The van der Waals surface area contributed by atoms with Gasteiger partial charge in [-0.05, 0) is 73.0 Å². The van der Waals surface area contributed by atoms with Gasteiger partial charge in [-0.15, -0.1) is 11.3 Å². The molecule has 1 aliphatic rings. The molecular weight excluding hydrogens is 406 g/mol. The fraction of sp³-hybridized carbons (Fsp3) is 0.231. The Morgan fingerprint density at radius 3 is 2.39 bits per heavy atom. The number of carbonyl (C=O) groups excluding carboxylic acids is 2. The number of benzene rings is 2. The molecular formula is C26H25NO3S. The first kappa shape index (κ1) is 21.1. The molecule has 4 rings (SSSR count). The molecule has 0 radical (unpaired) electrons. The van der Waals surface area contributed by atoms with Crippen molar-refractivity contribution in [3.63, 3.8) is 0 Å². The van der Waals surface area contributed by atoms with Crippen molar-refractivity contribution in [1.82, 2.24) is 0 Å². The maximum Gasteiger partial charge on any atom is 0.294 e. The molecule has 31 heavy (non-hydrogen) atoms. The van der Waals surface area contributed by atoms with Crippen LogP contribution in [0.3, 0.4) is 0 Å². The summed E-state index contributed by atoms with van der Waals surface area (Å²) in [5.41, 5.74) is 5.11. The number of aryl methyl sites for hydroxylation is 4. The van der Waals surface area contributed by atoms with Gasteiger partial charge in [0.05, 0.1) is 5.57 Å². The monoisotopic (exact) mass is 431 g/mol. The van der Waals surface area contributed by atoms with E-state index in [1.807, 2.05) is 80.7 Å². The van der Waals surface area contributed by atoms with E-state index in [-0.39, 0.29) is 17.8 Å². The van der Waals surface area contributed by atoms with Gasteiger partial charge >= 0.3 is 0 Å². The highest BCUT2D eigenvalue weighted by atomic mass is 32.1. The van der Waals surface area contributed by atoms with Crippen LogP contribution >= 0.6 is 11.3 Å². The van der Waals surface area contributed by atoms with E-state index in [0.29, 0.717) is 12.1 Å². The van der Waals surface area contributed by atoms with E-state index in [2.05, 4.69) is 0 Å². The predicted molar refractivity (Wildman–Crippen MR) is 125 cm³/mol. The molecule has 2 aromatic carbocycles. The first-order valence-corrected chi connectivity index (χ1v) is 11.2. The third-order valence-electron chi connectivity index (χ3n) is 5.91. The quantitative estimate of drug-likeness (QED) is 0.539. The number of aliphatic hydroxyl groups is 1. The van der Waals surface area contributed by atoms with Gasteiger partial charge in [0, 0.05) is 17.0 Å². The van der Waals surface area contributed by atoms with Gasteiger partial charge in [-0.25, -0.2) is 0 Å². The lowest BCUT2D eigenvalue weighted by Crippen LogP contribution is -2.31. The first-order chi connectivity index (χ1) is 14.9. The maximum absolute atomic E-state index is 13.3. The molecule has 1 aliphatic heterocycles. The highest BCUT2D eigenvalue weighted by molar-refractivity contribution is 7.10. The Balaban J connectivity index is 1.73. The van der Waals surface area contributed by atoms with E-state index in [9.17, 15) is 14.7 Å². The molecule has 158 valence electrons. The van der Waals surface area contributed by atoms with Crippen LogP contribution in [0.15, 0.2) is 71.3 Å². The second-order valence-corrected chi connectivity index (χ2v) is 8.93. The molecule has 0 saturated heterocycles. The van der Waals surface area contributed by atoms with Crippen LogP contribution in [0.5, 0.6) is 0 Å². The van der Waals surface area contributed by atoms with Crippen molar-refractivity contribution in [3.05, 3.63) is 98.4 Å². The molecule has 0 fully saturated rings. The van der Waals surface area contributed by atoms with Crippen LogP contribution in [0.1, 0.15) is 39.6 Å². The second-order valence-electron chi connectivity index (χ2n) is 7.99. The van der Waals surface area contributed by atoms with E-state index in [1.165, 1.54) is 11.3 Å². The van der Waals surface area contributed by atoms with Gasteiger partial charge in [0.1, 0.15) is 6.04 Å². The minimum absolute atomic E-state index is 0.196. The third-order valence-corrected chi connectivity index (χ3v) is 6.98. The fourth-order valence-electron chi connectivity index (χ4n) is 3.98. The largest absolute Gasteiger partial charge is 0.503 e. The van der Waals surface area contributed by atoms with Gasteiger partial charge in [0.15, 0.2) is 11.5 Å². The Morgan fingerprint density at radius 1 is 1.00 bits per heavy atom. The van der Waals surface area contributed by atoms with Crippen molar-refractivity contribution in [3.8, 4) is 0 Å². The number of rotatable bonds is 6. The fourth-order valence-corrected chi connectivity index (χ4v) is 5.01. The predicted octanol–water partition coefficient (Wildman–Crippen LogP) is 5.78. The number of Topliss-reactive ketones (excluding diaryl/α,β-unsaturated/α-hetero) is 1. The first-order valence-electron chi connectivity index (χ1n) is 10.3. The Hall–Kier alpha value is -3.18. The zero-order valence-corrected chi connectivity index (χ0v) is 18.7.